The molecule has 7 heteroatoms. The minimum absolute atomic E-state index is 0.196. The van der Waals surface area contributed by atoms with Crippen molar-refractivity contribution in [3.63, 3.8) is 0 Å². The van der Waals surface area contributed by atoms with E-state index in [0.717, 1.165) is 24.7 Å². The number of ether oxygens (including phenoxy) is 1. The third-order valence-corrected chi connectivity index (χ3v) is 15.0. The Bertz CT molecular complexity index is 275. The van der Waals surface area contributed by atoms with Crippen molar-refractivity contribution in [1.82, 2.24) is 0 Å². The van der Waals surface area contributed by atoms with Gasteiger partial charge in [0.25, 0.3) is 0 Å². The van der Waals surface area contributed by atoms with E-state index >= 15 is 0 Å². The summed E-state index contributed by atoms with van der Waals surface area (Å²) in [5.74, 6) is 0. The summed E-state index contributed by atoms with van der Waals surface area (Å²) >= 11 is 0. The summed E-state index contributed by atoms with van der Waals surface area (Å²) in [5.41, 5.74) is 0.679. The monoisotopic (exact) mass is 370 g/mol. The Morgan fingerprint density at radius 1 is 0.955 bits per heavy atom. The van der Waals surface area contributed by atoms with Gasteiger partial charge < -0.3 is 4.74 Å². The maximum Gasteiger partial charge on any atom is 0.0891 e. The molecule has 0 amide bonds. The zero-order valence-electron chi connectivity index (χ0n) is 14.1. The zero-order chi connectivity index (χ0) is 16.3. The number of rotatable bonds is 12. The average Bonchev–Trinajstić information content (AvgIpc) is 2.51. The Hall–Kier alpha value is 0.401. The number of hydrogen-bond donors (Lipinski definition) is 0. The molecule has 0 spiro atoms. The number of hydrogen-bond acceptors (Lipinski definition) is 1. The standard InChI is InChI=1S/C15H33F3OSi3/c1-13-15(21-9-3-6-17,22-10-4-7-18)11-14(12-19-13)20-8-2-5-16/h13-14H,2-12,20-22H2,1H3. The first-order chi connectivity index (χ1) is 10.7. The molecule has 2 unspecified atom stereocenters. The first-order valence-corrected chi connectivity index (χ1v) is 14.2. The van der Waals surface area contributed by atoms with Crippen LogP contribution in [0.5, 0.6) is 0 Å². The average molecular weight is 371 g/mol. The van der Waals surface area contributed by atoms with Gasteiger partial charge in [0.15, 0.2) is 0 Å². The molecular weight excluding hydrogens is 337 g/mol. The van der Waals surface area contributed by atoms with Crippen molar-refractivity contribution in [3.05, 3.63) is 0 Å². The topological polar surface area (TPSA) is 9.23 Å². The van der Waals surface area contributed by atoms with Crippen LogP contribution in [0.2, 0.25) is 28.3 Å². The van der Waals surface area contributed by atoms with E-state index in [1.165, 1.54) is 6.42 Å². The Labute approximate surface area is 140 Å². The summed E-state index contributed by atoms with van der Waals surface area (Å²) in [6.07, 6.45) is 3.66. The lowest BCUT2D eigenvalue weighted by atomic mass is 10.1. The van der Waals surface area contributed by atoms with Crippen molar-refractivity contribution in [1.29, 1.82) is 0 Å². The highest BCUT2D eigenvalue weighted by atomic mass is 28.3. The van der Waals surface area contributed by atoms with E-state index in [4.69, 9.17) is 4.74 Å². The third-order valence-electron chi connectivity index (χ3n) is 5.25. The van der Waals surface area contributed by atoms with Crippen LogP contribution < -0.4 is 0 Å². The Morgan fingerprint density at radius 3 is 2.05 bits per heavy atom. The second-order valence-corrected chi connectivity index (χ2v) is 15.6. The Morgan fingerprint density at radius 2 is 1.50 bits per heavy atom. The molecular formula is C15H33F3OSi3. The van der Waals surface area contributed by atoms with Crippen LogP contribution in [0.15, 0.2) is 0 Å². The molecule has 132 valence electrons. The van der Waals surface area contributed by atoms with E-state index in [1.807, 2.05) is 0 Å². The predicted molar refractivity (Wildman–Crippen MR) is 98.3 cm³/mol. The molecule has 1 rings (SSSR count). The van der Waals surface area contributed by atoms with E-state index in [9.17, 15) is 13.2 Å². The molecule has 0 N–H and O–H groups in total. The van der Waals surface area contributed by atoms with Gasteiger partial charge in [0.1, 0.15) is 0 Å². The van der Waals surface area contributed by atoms with Crippen molar-refractivity contribution < 1.29 is 17.9 Å². The molecule has 1 nitrogen and oxygen atoms in total. The van der Waals surface area contributed by atoms with E-state index in [-0.39, 0.29) is 48.6 Å². The molecule has 1 aliphatic rings. The highest BCUT2D eigenvalue weighted by Crippen LogP contribution is 2.45. The molecule has 0 aromatic heterocycles. The fourth-order valence-electron chi connectivity index (χ4n) is 3.85. The van der Waals surface area contributed by atoms with Gasteiger partial charge in [-0.25, -0.2) is 0 Å². The van der Waals surface area contributed by atoms with Gasteiger partial charge in [0.05, 0.1) is 26.1 Å². The fourth-order valence-corrected chi connectivity index (χ4v) is 13.9. The van der Waals surface area contributed by atoms with Crippen LogP contribution in [0.25, 0.3) is 0 Å². The van der Waals surface area contributed by atoms with E-state index in [0.29, 0.717) is 35.6 Å². The lowest BCUT2D eigenvalue weighted by Crippen LogP contribution is -2.45. The van der Waals surface area contributed by atoms with E-state index < -0.39 is 0 Å². The second-order valence-electron chi connectivity index (χ2n) is 6.89. The summed E-state index contributed by atoms with van der Waals surface area (Å²) in [5, 5.41) is 0. The van der Waals surface area contributed by atoms with Gasteiger partial charge in [0, 0.05) is 35.2 Å². The minimum Gasteiger partial charge on any atom is -0.379 e. The molecule has 0 bridgehead atoms. The first kappa shape index (κ1) is 20.4. The van der Waals surface area contributed by atoms with Crippen molar-refractivity contribution in [2.24, 2.45) is 0 Å². The molecule has 0 aromatic carbocycles. The SMILES string of the molecule is CC1OCC([SiH2]CCCF)CC1([SiH2]CCCF)[SiH2]CCCF. The molecule has 0 aliphatic carbocycles. The summed E-state index contributed by atoms with van der Waals surface area (Å²) in [6, 6.07) is 3.20. The number of halogens is 3. The van der Waals surface area contributed by atoms with Crippen LogP contribution in [0.4, 0.5) is 13.2 Å². The van der Waals surface area contributed by atoms with Crippen molar-refractivity contribution in [3.8, 4) is 0 Å². The maximum atomic E-state index is 12.5. The van der Waals surface area contributed by atoms with Gasteiger partial charge in [0.2, 0.25) is 0 Å². The molecule has 22 heavy (non-hydrogen) atoms. The minimum atomic E-state index is -0.366. The predicted octanol–water partition coefficient (Wildman–Crippen LogP) is 2.54. The highest BCUT2D eigenvalue weighted by Gasteiger charge is 2.41. The molecule has 2 atom stereocenters. The highest BCUT2D eigenvalue weighted by molar-refractivity contribution is 6.63. The normalized spacial score (nSPS) is 30.5. The largest absolute Gasteiger partial charge is 0.379 e. The molecule has 1 aliphatic heterocycles. The summed E-state index contributed by atoms with van der Waals surface area (Å²) in [4.78, 5) is 0. The molecule has 0 saturated carbocycles. The fraction of sp³-hybridized carbons (Fsp3) is 1.00. The van der Waals surface area contributed by atoms with Gasteiger partial charge in [-0.2, -0.15) is 0 Å². The summed E-state index contributed by atoms with van der Waals surface area (Å²) in [6.45, 7) is 2.44. The lowest BCUT2D eigenvalue weighted by molar-refractivity contribution is 0.0159. The summed E-state index contributed by atoms with van der Waals surface area (Å²) < 4.78 is 43.8. The lowest BCUT2D eigenvalue weighted by Gasteiger charge is -2.46. The van der Waals surface area contributed by atoms with Crippen LogP contribution in [-0.4, -0.2) is 61.3 Å². The van der Waals surface area contributed by atoms with Crippen molar-refractivity contribution >= 4 is 28.6 Å². The smallest absolute Gasteiger partial charge is 0.0891 e. The maximum absolute atomic E-state index is 12.5. The van der Waals surface area contributed by atoms with Gasteiger partial charge >= 0.3 is 0 Å². The van der Waals surface area contributed by atoms with Crippen molar-refractivity contribution in [2.45, 2.75) is 67.0 Å². The first-order valence-electron chi connectivity index (χ1n) is 8.98. The van der Waals surface area contributed by atoms with Gasteiger partial charge in [-0.05, 0) is 42.8 Å². The van der Waals surface area contributed by atoms with Crippen LogP contribution >= 0.6 is 0 Å². The van der Waals surface area contributed by atoms with Gasteiger partial charge in [-0.1, -0.05) is 18.1 Å². The Balaban J connectivity index is 2.61. The van der Waals surface area contributed by atoms with Gasteiger partial charge in [-0.3, -0.25) is 13.2 Å². The molecule has 0 radical (unpaired) electrons. The van der Waals surface area contributed by atoms with Crippen LogP contribution in [-0.2, 0) is 4.74 Å². The molecule has 1 heterocycles. The molecule has 1 fully saturated rings. The quantitative estimate of drug-likeness (QED) is 0.379. The van der Waals surface area contributed by atoms with Gasteiger partial charge in [-0.15, -0.1) is 0 Å². The second kappa shape index (κ2) is 11.9. The molecule has 1 saturated heterocycles. The third kappa shape index (κ3) is 6.88. The van der Waals surface area contributed by atoms with Crippen LogP contribution in [0.3, 0.4) is 0 Å². The summed E-state index contributed by atoms with van der Waals surface area (Å²) in [7, 11) is -0.994. The van der Waals surface area contributed by atoms with Crippen LogP contribution in [0.1, 0.15) is 32.6 Å². The Kier molecular flexibility index (Phi) is 11.0. The molecule has 0 aromatic rings. The van der Waals surface area contributed by atoms with E-state index in [1.54, 1.807) is 0 Å². The number of alkyl halides is 3. The van der Waals surface area contributed by atoms with E-state index in [2.05, 4.69) is 6.92 Å². The van der Waals surface area contributed by atoms with Crippen molar-refractivity contribution in [2.75, 3.05) is 26.6 Å². The zero-order valence-corrected chi connectivity index (χ0v) is 18.3. The van der Waals surface area contributed by atoms with Crippen LogP contribution in [0, 0.1) is 0 Å².